The molecule has 1 unspecified atom stereocenters. The van der Waals surface area contributed by atoms with E-state index in [1.54, 1.807) is 6.20 Å². The first-order chi connectivity index (χ1) is 7.31. The van der Waals surface area contributed by atoms with Crippen LogP contribution in [-0.4, -0.2) is 9.97 Å². The van der Waals surface area contributed by atoms with Crippen molar-refractivity contribution < 1.29 is 0 Å². The number of hydrogen-bond acceptors (Lipinski definition) is 3. The van der Waals surface area contributed by atoms with E-state index in [4.69, 9.17) is 12.2 Å². The third-order valence-corrected chi connectivity index (χ3v) is 2.18. The maximum atomic E-state index is 5.85. The molecule has 0 bridgehead atoms. The molecule has 0 radical (unpaired) electrons. The van der Waals surface area contributed by atoms with E-state index in [0.717, 1.165) is 16.7 Å². The second-order valence-corrected chi connectivity index (χ2v) is 3.30. The Kier molecular flexibility index (Phi) is 2.61. The highest BCUT2D eigenvalue weighted by Crippen LogP contribution is 2.14. The lowest BCUT2D eigenvalue weighted by atomic mass is 10.1. The highest BCUT2D eigenvalue weighted by Gasteiger charge is 2.07. The normalized spacial score (nSPS) is 12.3. The summed E-state index contributed by atoms with van der Waals surface area (Å²) in [7, 11) is 0. The molecule has 15 heavy (non-hydrogen) atoms. The van der Waals surface area contributed by atoms with E-state index in [9.17, 15) is 0 Å². The second kappa shape index (κ2) is 4.07. The Morgan fingerprint density at radius 1 is 1.33 bits per heavy atom. The van der Waals surface area contributed by atoms with Crippen molar-refractivity contribution in [2.75, 3.05) is 0 Å². The lowest BCUT2D eigenvalue weighted by Crippen LogP contribution is -2.11. The summed E-state index contributed by atoms with van der Waals surface area (Å²) in [6.45, 7) is 0. The fourth-order valence-corrected chi connectivity index (χ4v) is 1.38. The Labute approximate surface area is 88.4 Å². The molecule has 74 valence electrons. The summed E-state index contributed by atoms with van der Waals surface area (Å²) in [4.78, 5) is 8.68. The summed E-state index contributed by atoms with van der Waals surface area (Å²) in [5, 5.41) is 0. The first-order valence-electron chi connectivity index (χ1n) is 4.72. The van der Waals surface area contributed by atoms with Gasteiger partial charge in [-0.3, -0.25) is 4.98 Å². The largest absolute Gasteiger partial charge is 0.322 e. The van der Waals surface area contributed by atoms with Crippen molar-refractivity contribution in [1.82, 2.24) is 9.97 Å². The molecule has 1 atom stereocenters. The van der Waals surface area contributed by atoms with Gasteiger partial charge in [0.25, 0.3) is 0 Å². The van der Waals surface area contributed by atoms with Crippen LogP contribution in [0.5, 0.6) is 0 Å². The number of nitrogens with two attached hydrogens (primary N) is 1. The van der Waals surface area contributed by atoms with Gasteiger partial charge >= 0.3 is 0 Å². The van der Waals surface area contributed by atoms with Gasteiger partial charge in [-0.1, -0.05) is 12.1 Å². The van der Waals surface area contributed by atoms with Gasteiger partial charge in [0, 0.05) is 6.42 Å². The van der Waals surface area contributed by atoms with Crippen molar-refractivity contribution in [2.45, 2.75) is 12.5 Å². The van der Waals surface area contributed by atoms with Crippen LogP contribution in [0.25, 0.3) is 11.0 Å². The fourth-order valence-electron chi connectivity index (χ4n) is 1.38. The summed E-state index contributed by atoms with van der Waals surface area (Å²) in [6, 6.07) is 7.45. The van der Waals surface area contributed by atoms with Crippen molar-refractivity contribution in [1.29, 1.82) is 0 Å². The average molecular weight is 197 g/mol. The monoisotopic (exact) mass is 197 g/mol. The number of nitrogens with zero attached hydrogens (tertiary/aromatic N) is 2. The van der Waals surface area contributed by atoms with E-state index in [-0.39, 0.29) is 6.04 Å². The summed E-state index contributed by atoms with van der Waals surface area (Å²) in [5.74, 6) is 2.52. The van der Waals surface area contributed by atoms with Crippen LogP contribution in [0.4, 0.5) is 0 Å². The van der Waals surface area contributed by atoms with Crippen molar-refractivity contribution >= 4 is 11.0 Å². The summed E-state index contributed by atoms with van der Waals surface area (Å²) >= 11 is 0. The zero-order valence-corrected chi connectivity index (χ0v) is 8.22. The zero-order chi connectivity index (χ0) is 10.7. The van der Waals surface area contributed by atoms with E-state index in [0.29, 0.717) is 6.42 Å². The number of benzene rings is 1. The van der Waals surface area contributed by atoms with Gasteiger partial charge in [0.05, 0.1) is 29.0 Å². The van der Waals surface area contributed by atoms with Crippen LogP contribution < -0.4 is 5.73 Å². The van der Waals surface area contributed by atoms with Crippen LogP contribution in [0.2, 0.25) is 0 Å². The molecule has 1 heterocycles. The molecule has 0 saturated heterocycles. The standard InChI is InChI=1S/C12H11N3/c1-2-5-9(13)12-8-14-10-6-3-4-7-11(10)15-12/h1,3-4,6-9H,5,13H2. The Bertz CT molecular complexity index is 514. The van der Waals surface area contributed by atoms with Crippen LogP contribution in [0.15, 0.2) is 30.5 Å². The SMILES string of the molecule is C#CCC(N)c1cnc2ccccc2n1. The average Bonchev–Trinajstić information content (AvgIpc) is 2.29. The minimum Gasteiger partial charge on any atom is -0.322 e. The van der Waals surface area contributed by atoms with Crippen molar-refractivity contribution in [3.8, 4) is 12.3 Å². The number of hydrogen-bond donors (Lipinski definition) is 1. The molecule has 0 spiro atoms. The number of para-hydroxylation sites is 2. The predicted octanol–water partition coefficient (Wildman–Crippen LogP) is 1.65. The first-order valence-corrected chi connectivity index (χ1v) is 4.72. The van der Waals surface area contributed by atoms with Crippen LogP contribution >= 0.6 is 0 Å². The van der Waals surface area contributed by atoms with E-state index < -0.39 is 0 Å². The van der Waals surface area contributed by atoms with E-state index in [2.05, 4.69) is 15.9 Å². The summed E-state index contributed by atoms with van der Waals surface area (Å²) in [5.41, 5.74) is 8.31. The Morgan fingerprint density at radius 2 is 2.07 bits per heavy atom. The van der Waals surface area contributed by atoms with Crippen LogP contribution in [0.3, 0.4) is 0 Å². The van der Waals surface area contributed by atoms with Crippen LogP contribution in [0, 0.1) is 12.3 Å². The molecular weight excluding hydrogens is 186 g/mol. The Morgan fingerprint density at radius 3 is 2.80 bits per heavy atom. The minimum atomic E-state index is -0.230. The summed E-state index contributed by atoms with van der Waals surface area (Å²) in [6.07, 6.45) is 7.37. The molecule has 3 nitrogen and oxygen atoms in total. The third-order valence-electron chi connectivity index (χ3n) is 2.18. The van der Waals surface area contributed by atoms with Gasteiger partial charge in [-0.2, -0.15) is 0 Å². The van der Waals surface area contributed by atoms with Gasteiger partial charge in [-0.15, -0.1) is 12.3 Å². The van der Waals surface area contributed by atoms with Gasteiger partial charge < -0.3 is 5.73 Å². The van der Waals surface area contributed by atoms with E-state index >= 15 is 0 Å². The molecular formula is C12H11N3. The van der Waals surface area contributed by atoms with Crippen molar-refractivity contribution in [3.63, 3.8) is 0 Å². The number of fused-ring (bicyclic) bond motifs is 1. The molecule has 0 amide bonds. The van der Waals surface area contributed by atoms with E-state index in [1.165, 1.54) is 0 Å². The molecule has 0 saturated carbocycles. The molecule has 0 fully saturated rings. The maximum Gasteiger partial charge on any atom is 0.0890 e. The van der Waals surface area contributed by atoms with Crippen LogP contribution in [-0.2, 0) is 0 Å². The quantitative estimate of drug-likeness (QED) is 0.745. The minimum absolute atomic E-state index is 0.230. The Balaban J connectivity index is 2.43. The topological polar surface area (TPSA) is 51.8 Å². The fraction of sp³-hybridized carbons (Fsp3) is 0.167. The van der Waals surface area contributed by atoms with E-state index in [1.807, 2.05) is 24.3 Å². The Hall–Kier alpha value is -1.92. The lowest BCUT2D eigenvalue weighted by molar-refractivity contribution is 0.725. The lowest BCUT2D eigenvalue weighted by Gasteiger charge is -2.07. The number of aromatic nitrogens is 2. The van der Waals surface area contributed by atoms with Gasteiger partial charge in [-0.25, -0.2) is 4.98 Å². The highest BCUT2D eigenvalue weighted by atomic mass is 14.8. The van der Waals surface area contributed by atoms with Gasteiger partial charge in [0.1, 0.15) is 0 Å². The highest BCUT2D eigenvalue weighted by molar-refractivity contribution is 5.73. The third kappa shape index (κ3) is 1.95. The van der Waals surface area contributed by atoms with Crippen molar-refractivity contribution in [2.24, 2.45) is 5.73 Å². The maximum absolute atomic E-state index is 5.85. The van der Waals surface area contributed by atoms with Gasteiger partial charge in [-0.05, 0) is 12.1 Å². The van der Waals surface area contributed by atoms with Gasteiger partial charge in [0.15, 0.2) is 0 Å². The molecule has 2 N–H and O–H groups in total. The molecule has 2 rings (SSSR count). The van der Waals surface area contributed by atoms with Gasteiger partial charge in [0.2, 0.25) is 0 Å². The second-order valence-electron chi connectivity index (χ2n) is 3.30. The van der Waals surface area contributed by atoms with Crippen molar-refractivity contribution in [3.05, 3.63) is 36.2 Å². The first kappa shape index (κ1) is 9.63. The smallest absolute Gasteiger partial charge is 0.0890 e. The molecule has 0 aliphatic heterocycles. The summed E-state index contributed by atoms with van der Waals surface area (Å²) < 4.78 is 0. The molecule has 0 aliphatic carbocycles. The predicted molar refractivity (Wildman–Crippen MR) is 59.9 cm³/mol. The number of rotatable bonds is 2. The molecule has 0 aliphatic rings. The zero-order valence-electron chi connectivity index (χ0n) is 8.22. The van der Waals surface area contributed by atoms with Crippen LogP contribution in [0.1, 0.15) is 18.2 Å². The molecule has 3 heteroatoms. The molecule has 1 aromatic heterocycles. The number of terminal acetylenes is 1. The molecule has 1 aromatic carbocycles. The molecule has 2 aromatic rings.